The van der Waals surface area contributed by atoms with E-state index in [4.69, 9.17) is 4.74 Å². The van der Waals surface area contributed by atoms with Crippen LogP contribution in [0.1, 0.15) is 90.2 Å². The number of ketones is 1. The zero-order valence-corrected chi connectivity index (χ0v) is 35.1. The highest BCUT2D eigenvalue weighted by Crippen LogP contribution is 2.59. The molecule has 6 nitrogen and oxygen atoms in total. The van der Waals surface area contributed by atoms with E-state index in [1.54, 1.807) is 4.90 Å². The Hall–Kier alpha value is -5.60. The Bertz CT molecular complexity index is 2730. The van der Waals surface area contributed by atoms with Gasteiger partial charge in [-0.3, -0.25) is 4.79 Å². The average Bonchev–Trinajstić information content (AvgIpc) is 3.80. The van der Waals surface area contributed by atoms with Gasteiger partial charge in [0.05, 0.1) is 23.1 Å². The Kier molecular flexibility index (Phi) is 10.9. The number of allylic oxidation sites excluding steroid dienone is 2. The average molecular weight is 814 g/mol. The van der Waals surface area contributed by atoms with Crippen LogP contribution in [0.2, 0.25) is 0 Å². The molecule has 1 fully saturated rings. The van der Waals surface area contributed by atoms with Crippen LogP contribution in [0.15, 0.2) is 145 Å². The highest BCUT2D eigenvalue weighted by molar-refractivity contribution is 7.21. The van der Waals surface area contributed by atoms with Crippen LogP contribution < -0.4 is 4.74 Å². The van der Waals surface area contributed by atoms with Crippen molar-refractivity contribution in [1.29, 1.82) is 0 Å². The molecule has 7 aromatic rings. The lowest BCUT2D eigenvalue weighted by molar-refractivity contribution is -0.0801. The molecule has 1 amide bonds. The Morgan fingerprint density at radius 2 is 1.55 bits per heavy atom. The van der Waals surface area contributed by atoms with E-state index < -0.39 is 23.2 Å². The topological polar surface area (TPSA) is 87.1 Å². The van der Waals surface area contributed by atoms with E-state index in [9.17, 15) is 19.8 Å². The van der Waals surface area contributed by atoms with E-state index >= 15 is 0 Å². The summed E-state index contributed by atoms with van der Waals surface area (Å²) in [5.41, 5.74) is 2.54. The fourth-order valence-electron chi connectivity index (χ4n) is 9.96. The number of aliphatic hydroxyl groups is 2. The van der Waals surface area contributed by atoms with Crippen molar-refractivity contribution in [3.05, 3.63) is 172 Å². The van der Waals surface area contributed by atoms with Crippen molar-refractivity contribution in [2.75, 3.05) is 6.54 Å². The van der Waals surface area contributed by atoms with E-state index in [-0.39, 0.29) is 24.8 Å². The molecule has 1 aromatic heterocycles. The normalized spacial score (nSPS) is 22.0. The monoisotopic (exact) mass is 813 g/mol. The number of carbonyl (C=O) groups excluding carboxylic acids is 2. The number of ether oxygens (including phenoxy) is 1. The quantitative estimate of drug-likeness (QED) is 0.124. The first-order valence-electron chi connectivity index (χ1n) is 21.2. The number of carbonyl (C=O) groups is 2. The van der Waals surface area contributed by atoms with Gasteiger partial charge in [0.15, 0.2) is 0 Å². The molecule has 1 heterocycles. The molecule has 60 heavy (non-hydrogen) atoms. The molecule has 0 saturated heterocycles. The van der Waals surface area contributed by atoms with Crippen LogP contribution in [-0.4, -0.2) is 45.2 Å². The Balaban J connectivity index is 1.12. The molecular formula is C53H51NO5S. The maximum absolute atomic E-state index is 14.8. The smallest absolute Gasteiger partial charge is 0.410 e. The minimum Gasteiger partial charge on any atom is -0.410 e. The lowest BCUT2D eigenvalue weighted by Crippen LogP contribution is -2.54. The number of rotatable bonds is 7. The Morgan fingerprint density at radius 1 is 0.800 bits per heavy atom. The van der Waals surface area contributed by atoms with Crippen LogP contribution in [0.5, 0.6) is 5.75 Å². The third-order valence-electron chi connectivity index (χ3n) is 13.4. The summed E-state index contributed by atoms with van der Waals surface area (Å²) in [6.07, 6.45) is 5.42. The lowest BCUT2D eigenvalue weighted by atomic mass is 9.64. The fourth-order valence-corrected chi connectivity index (χ4v) is 11.0. The molecule has 10 rings (SSSR count). The van der Waals surface area contributed by atoms with Gasteiger partial charge >= 0.3 is 6.09 Å². The predicted molar refractivity (Wildman–Crippen MR) is 243 cm³/mol. The molecule has 0 radical (unpaired) electrons. The first kappa shape index (κ1) is 39.8. The number of fused-ring (bicyclic) bond motifs is 11. The zero-order valence-electron chi connectivity index (χ0n) is 34.3. The van der Waals surface area contributed by atoms with Gasteiger partial charge in [-0.05, 0) is 132 Å². The van der Waals surface area contributed by atoms with Crippen molar-refractivity contribution in [3.63, 3.8) is 0 Å². The van der Waals surface area contributed by atoms with Gasteiger partial charge in [0.1, 0.15) is 5.75 Å². The van der Waals surface area contributed by atoms with Crippen LogP contribution in [0.3, 0.4) is 0 Å². The van der Waals surface area contributed by atoms with Crippen molar-refractivity contribution in [2.45, 2.75) is 83.0 Å². The summed E-state index contributed by atoms with van der Waals surface area (Å²) in [6.45, 7) is 4.56. The summed E-state index contributed by atoms with van der Waals surface area (Å²) in [4.78, 5) is 31.8. The van der Waals surface area contributed by atoms with Gasteiger partial charge in [0.2, 0.25) is 5.78 Å². The number of amides is 1. The summed E-state index contributed by atoms with van der Waals surface area (Å²) in [7, 11) is 0. The molecule has 1 saturated carbocycles. The van der Waals surface area contributed by atoms with Crippen molar-refractivity contribution in [1.82, 2.24) is 4.90 Å². The SMILES string of the molecule is CC1=CCC[C@@]2(C)[C@@H](CC[C@@]2(O)CN(Cc2cccc3ccccc23)C(=O)Oc2ccc3ccccc3c2)c2ccc(cc2C(=O)c2cc3ccccc3s2)C[C@@H](O)CC1. The second-order valence-corrected chi connectivity index (χ2v) is 18.4. The first-order valence-corrected chi connectivity index (χ1v) is 22.0. The van der Waals surface area contributed by atoms with E-state index in [2.05, 4.69) is 50.3 Å². The highest BCUT2D eigenvalue weighted by Gasteiger charge is 2.58. The summed E-state index contributed by atoms with van der Waals surface area (Å²) in [5, 5.41) is 29.7. The molecule has 2 bridgehead atoms. The Morgan fingerprint density at radius 3 is 2.38 bits per heavy atom. The third-order valence-corrected chi connectivity index (χ3v) is 14.6. The summed E-state index contributed by atoms with van der Waals surface area (Å²) >= 11 is 1.50. The number of benzene rings is 6. The van der Waals surface area contributed by atoms with Crippen molar-refractivity contribution in [2.24, 2.45) is 5.41 Å². The number of hydrogen-bond donors (Lipinski definition) is 2. The maximum atomic E-state index is 14.8. The van der Waals surface area contributed by atoms with Crippen molar-refractivity contribution >= 4 is 54.8 Å². The van der Waals surface area contributed by atoms with E-state index in [0.717, 1.165) is 54.7 Å². The molecule has 0 spiro atoms. The number of nitrogens with zero attached hydrogens (tertiary/aromatic N) is 1. The van der Waals surface area contributed by atoms with Gasteiger partial charge in [-0.25, -0.2) is 4.79 Å². The van der Waals surface area contributed by atoms with E-state index in [1.807, 2.05) is 103 Å². The number of aliphatic hydroxyl groups excluding tert-OH is 1. The van der Waals surface area contributed by atoms with E-state index in [1.165, 1.54) is 16.9 Å². The van der Waals surface area contributed by atoms with Crippen LogP contribution in [0.4, 0.5) is 4.79 Å². The molecule has 7 heteroatoms. The molecular weight excluding hydrogens is 763 g/mol. The minimum atomic E-state index is -1.34. The van der Waals surface area contributed by atoms with Gasteiger partial charge in [0, 0.05) is 22.2 Å². The van der Waals surface area contributed by atoms with Crippen molar-refractivity contribution in [3.8, 4) is 5.75 Å². The van der Waals surface area contributed by atoms with Gasteiger partial charge in [-0.15, -0.1) is 11.3 Å². The molecule has 0 unspecified atom stereocenters. The second kappa shape index (κ2) is 16.5. The molecule has 0 aliphatic heterocycles. The van der Waals surface area contributed by atoms with Crippen LogP contribution in [0, 0.1) is 5.41 Å². The lowest BCUT2D eigenvalue weighted by Gasteiger charge is -2.46. The Labute approximate surface area is 355 Å². The largest absolute Gasteiger partial charge is 0.415 e. The van der Waals surface area contributed by atoms with E-state index in [0.29, 0.717) is 54.7 Å². The van der Waals surface area contributed by atoms with Crippen LogP contribution in [0.25, 0.3) is 31.6 Å². The summed E-state index contributed by atoms with van der Waals surface area (Å²) in [5.74, 6) is 0.208. The van der Waals surface area contributed by atoms with Gasteiger partial charge in [-0.1, -0.05) is 122 Å². The fraction of sp³-hybridized carbons (Fsp3) is 0.283. The van der Waals surface area contributed by atoms with Crippen LogP contribution in [-0.2, 0) is 13.0 Å². The highest BCUT2D eigenvalue weighted by atomic mass is 32.1. The van der Waals surface area contributed by atoms with Gasteiger partial charge in [-0.2, -0.15) is 0 Å². The number of thiophene rings is 1. The molecule has 304 valence electrons. The molecule has 2 N–H and O–H groups in total. The maximum Gasteiger partial charge on any atom is 0.415 e. The zero-order chi connectivity index (χ0) is 41.4. The van der Waals surface area contributed by atoms with Gasteiger partial charge in [0.25, 0.3) is 0 Å². The van der Waals surface area contributed by atoms with Crippen molar-refractivity contribution < 1.29 is 24.5 Å². The molecule has 6 aromatic carbocycles. The first-order chi connectivity index (χ1) is 29.1. The van der Waals surface area contributed by atoms with Gasteiger partial charge < -0.3 is 19.8 Å². The van der Waals surface area contributed by atoms with Crippen LogP contribution >= 0.6 is 11.3 Å². The molecule has 3 aliphatic rings. The predicted octanol–water partition coefficient (Wildman–Crippen LogP) is 12.2. The molecule has 4 atom stereocenters. The second-order valence-electron chi connectivity index (χ2n) is 17.3. The summed E-state index contributed by atoms with van der Waals surface area (Å²) in [6, 6.07) is 44.1. The third kappa shape index (κ3) is 7.78. The number of hydrogen-bond acceptors (Lipinski definition) is 6. The standard InChI is InChI=1S/C53H51NO5S/c1-35-11-10-27-52(2)47(45-25-21-36(29-42(55)23-20-35)30-46(45)50(56)49-32-40-15-6-8-19-48(40)60-49)26-28-53(52,58)34-54(33-41-17-9-16-38-13-5-7-18-44(38)41)51(57)59-43-24-22-37-12-3-4-14-39(37)31-43/h3-9,11-19,21-22,24-25,30-32,42,47,55,58H,10,20,23,26-29,33-34H2,1-2H3/t42-,47-,52-,53+/m0/s1. The minimum absolute atomic E-state index is 0.0419. The molecule has 3 aliphatic carbocycles. The summed E-state index contributed by atoms with van der Waals surface area (Å²) < 4.78 is 7.25.